The highest BCUT2D eigenvalue weighted by Gasteiger charge is 2.22. The van der Waals surface area contributed by atoms with E-state index in [1.165, 1.54) is 5.56 Å². The monoisotopic (exact) mass is 238 g/mol. The number of hydrogen-bond donors (Lipinski definition) is 1. The van der Waals surface area contributed by atoms with Crippen LogP contribution >= 0.6 is 0 Å². The lowest BCUT2D eigenvalue weighted by Gasteiger charge is -2.23. The molecular weight excluding hydrogens is 220 g/mol. The maximum Gasteiger partial charge on any atom is 0.0584 e. The molecule has 0 unspecified atom stereocenters. The largest absolute Gasteiger partial charge is 0.260 e. The van der Waals surface area contributed by atoms with E-state index < -0.39 is 9.73 Å². The zero-order chi connectivity index (χ0) is 12.0. The van der Waals surface area contributed by atoms with Crippen LogP contribution in [0.2, 0.25) is 0 Å². The minimum absolute atomic E-state index is 0.0504. The van der Waals surface area contributed by atoms with E-state index >= 15 is 0 Å². The fourth-order valence-corrected chi connectivity index (χ4v) is 3.35. The van der Waals surface area contributed by atoms with Crippen molar-refractivity contribution in [2.45, 2.75) is 38.4 Å². The van der Waals surface area contributed by atoms with Gasteiger partial charge in [0, 0.05) is 32.8 Å². The Bertz CT molecular complexity index is 512. The number of rotatable bonds is 0. The molecule has 0 aromatic carbocycles. The first-order valence-electron chi connectivity index (χ1n) is 5.50. The van der Waals surface area contributed by atoms with Gasteiger partial charge < -0.3 is 0 Å². The summed E-state index contributed by atoms with van der Waals surface area (Å²) in [6.45, 7) is 6.41. The number of aromatic nitrogens is 1. The van der Waals surface area contributed by atoms with Crippen molar-refractivity contribution in [2.24, 2.45) is 0 Å². The molecule has 0 aliphatic carbocycles. The van der Waals surface area contributed by atoms with Crippen molar-refractivity contribution in [3.05, 3.63) is 29.1 Å². The molecule has 1 aromatic rings. The van der Waals surface area contributed by atoms with Crippen LogP contribution in [0.3, 0.4) is 0 Å². The van der Waals surface area contributed by atoms with Crippen LogP contribution in [0.1, 0.15) is 37.6 Å². The Morgan fingerprint density at radius 2 is 2.06 bits per heavy atom. The van der Waals surface area contributed by atoms with Crippen LogP contribution < -0.4 is 0 Å². The normalized spacial score (nSPS) is 25.2. The Kier molecular flexibility index (Phi) is 2.57. The van der Waals surface area contributed by atoms with Crippen LogP contribution in [-0.2, 0) is 27.3 Å². The van der Waals surface area contributed by atoms with E-state index in [0.717, 1.165) is 17.7 Å². The van der Waals surface area contributed by atoms with Crippen LogP contribution in [0.5, 0.6) is 0 Å². The molecule has 0 bridgehead atoms. The topological polar surface area (TPSA) is 53.8 Å². The Morgan fingerprint density at radius 3 is 2.69 bits per heavy atom. The molecular formula is C12H18N2OS. The number of fused-ring (bicyclic) bond motifs is 1. The standard InChI is InChI=1S/C12H18N2OS/c1-12(2,3)11-6-9-4-5-16(13,15)8-10(9)7-14-11/h6-7,13H,4-5,8H2,1-3H3/t16-/m1/s1. The molecule has 1 aliphatic rings. The van der Waals surface area contributed by atoms with E-state index in [2.05, 4.69) is 31.8 Å². The Morgan fingerprint density at radius 1 is 1.38 bits per heavy atom. The Balaban J connectivity index is 2.43. The summed E-state index contributed by atoms with van der Waals surface area (Å²) in [6.07, 6.45) is 2.56. The van der Waals surface area contributed by atoms with Crippen LogP contribution in [0.25, 0.3) is 0 Å². The Labute approximate surface area is 97.3 Å². The van der Waals surface area contributed by atoms with E-state index in [1.807, 2.05) is 6.20 Å². The second-order valence-electron chi connectivity index (χ2n) is 5.50. The summed E-state index contributed by atoms with van der Waals surface area (Å²) in [5, 5.41) is 0. The molecule has 0 saturated carbocycles. The number of nitrogens with zero attached hydrogens (tertiary/aromatic N) is 1. The molecule has 4 heteroatoms. The highest BCUT2D eigenvalue weighted by Crippen LogP contribution is 2.26. The molecule has 88 valence electrons. The van der Waals surface area contributed by atoms with Gasteiger partial charge in [-0.1, -0.05) is 20.8 Å². The van der Waals surface area contributed by atoms with Gasteiger partial charge in [-0.15, -0.1) is 0 Å². The molecule has 2 heterocycles. The predicted octanol–water partition coefficient (Wildman–Crippen LogP) is 2.48. The quantitative estimate of drug-likeness (QED) is 0.755. The molecule has 1 aliphatic heterocycles. The van der Waals surface area contributed by atoms with Crippen molar-refractivity contribution < 1.29 is 4.21 Å². The van der Waals surface area contributed by atoms with Crippen molar-refractivity contribution in [1.29, 1.82) is 4.78 Å². The maximum atomic E-state index is 11.7. The van der Waals surface area contributed by atoms with E-state index in [-0.39, 0.29) is 5.41 Å². The number of aryl methyl sites for hydroxylation is 1. The minimum Gasteiger partial charge on any atom is -0.260 e. The minimum atomic E-state index is -2.38. The van der Waals surface area contributed by atoms with Crippen LogP contribution in [-0.4, -0.2) is 14.9 Å². The van der Waals surface area contributed by atoms with Gasteiger partial charge in [0.25, 0.3) is 0 Å². The first-order valence-corrected chi connectivity index (χ1v) is 7.40. The van der Waals surface area contributed by atoms with E-state index in [1.54, 1.807) is 0 Å². The number of nitrogens with one attached hydrogen (secondary N) is 1. The molecule has 1 atom stereocenters. The third-order valence-electron chi connectivity index (χ3n) is 2.94. The van der Waals surface area contributed by atoms with E-state index in [0.29, 0.717) is 11.5 Å². The number of pyridine rings is 1. The third kappa shape index (κ3) is 2.26. The zero-order valence-electron chi connectivity index (χ0n) is 10.0. The van der Waals surface area contributed by atoms with Gasteiger partial charge in [-0.05, 0) is 23.6 Å². The molecule has 0 saturated heterocycles. The molecule has 1 aromatic heterocycles. The summed E-state index contributed by atoms with van der Waals surface area (Å²) in [6, 6.07) is 2.12. The Hall–Kier alpha value is -0.900. The highest BCUT2D eigenvalue weighted by molar-refractivity contribution is 7.91. The fourth-order valence-electron chi connectivity index (χ4n) is 1.90. The molecule has 0 fully saturated rings. The van der Waals surface area contributed by atoms with Gasteiger partial charge in [-0.25, -0.2) is 4.21 Å². The predicted molar refractivity (Wildman–Crippen MR) is 66.1 cm³/mol. The average molecular weight is 238 g/mol. The lowest BCUT2D eigenvalue weighted by molar-refractivity contribution is 0.567. The zero-order valence-corrected chi connectivity index (χ0v) is 10.9. The molecule has 16 heavy (non-hydrogen) atoms. The van der Waals surface area contributed by atoms with Crippen molar-refractivity contribution in [3.63, 3.8) is 0 Å². The maximum absolute atomic E-state index is 11.7. The molecule has 2 rings (SSSR count). The molecule has 0 radical (unpaired) electrons. The number of hydrogen-bond acceptors (Lipinski definition) is 3. The van der Waals surface area contributed by atoms with Gasteiger partial charge in [-0.3, -0.25) is 9.76 Å². The van der Waals surface area contributed by atoms with Crippen LogP contribution in [0, 0.1) is 4.78 Å². The molecule has 3 nitrogen and oxygen atoms in total. The summed E-state index contributed by atoms with van der Waals surface area (Å²) >= 11 is 0. The lowest BCUT2D eigenvalue weighted by atomic mass is 9.90. The highest BCUT2D eigenvalue weighted by atomic mass is 32.2. The smallest absolute Gasteiger partial charge is 0.0584 e. The van der Waals surface area contributed by atoms with Crippen molar-refractivity contribution in [2.75, 3.05) is 5.75 Å². The molecule has 0 amide bonds. The summed E-state index contributed by atoms with van der Waals surface area (Å²) in [5.74, 6) is 0.868. The first-order chi connectivity index (χ1) is 7.28. The van der Waals surface area contributed by atoms with Crippen LogP contribution in [0.4, 0.5) is 0 Å². The molecule has 0 spiro atoms. The van der Waals surface area contributed by atoms with Crippen molar-refractivity contribution in [1.82, 2.24) is 4.98 Å². The van der Waals surface area contributed by atoms with E-state index in [4.69, 9.17) is 4.78 Å². The summed E-state index contributed by atoms with van der Waals surface area (Å²) in [7, 11) is -2.38. The third-order valence-corrected chi connectivity index (χ3v) is 4.58. The second-order valence-corrected chi connectivity index (χ2v) is 7.82. The van der Waals surface area contributed by atoms with Gasteiger partial charge in [0.2, 0.25) is 0 Å². The van der Waals surface area contributed by atoms with Gasteiger partial charge in [0.05, 0.1) is 5.75 Å². The van der Waals surface area contributed by atoms with Gasteiger partial charge >= 0.3 is 0 Å². The van der Waals surface area contributed by atoms with Crippen molar-refractivity contribution in [3.8, 4) is 0 Å². The van der Waals surface area contributed by atoms with E-state index in [9.17, 15) is 4.21 Å². The fraction of sp³-hybridized carbons (Fsp3) is 0.583. The van der Waals surface area contributed by atoms with Crippen molar-refractivity contribution >= 4 is 9.73 Å². The summed E-state index contributed by atoms with van der Waals surface area (Å²) in [4.78, 5) is 4.42. The summed E-state index contributed by atoms with van der Waals surface area (Å²) < 4.78 is 19.3. The second kappa shape index (κ2) is 3.55. The lowest BCUT2D eigenvalue weighted by Crippen LogP contribution is -2.21. The van der Waals surface area contributed by atoms with Gasteiger partial charge in [0.15, 0.2) is 0 Å². The SMILES string of the molecule is CC(C)(C)c1cc2c(cn1)C[S@](=N)(=O)CC2. The average Bonchev–Trinajstić information content (AvgIpc) is 2.14. The molecule has 1 N–H and O–H groups in total. The summed E-state index contributed by atoms with van der Waals surface area (Å²) in [5.41, 5.74) is 3.35. The van der Waals surface area contributed by atoms with Gasteiger partial charge in [0.1, 0.15) is 0 Å². The van der Waals surface area contributed by atoms with Crippen LogP contribution in [0.15, 0.2) is 12.3 Å². The van der Waals surface area contributed by atoms with Gasteiger partial charge in [-0.2, -0.15) is 0 Å². The first kappa shape index (κ1) is 11.6.